The molecule has 4 heteroatoms. The van der Waals surface area contributed by atoms with Gasteiger partial charge in [-0.05, 0) is 30.5 Å². The zero-order chi connectivity index (χ0) is 12.3. The Labute approximate surface area is 112 Å². The number of nitrogens with zero attached hydrogens (tertiary/aromatic N) is 1. The van der Waals surface area contributed by atoms with Crippen LogP contribution in [-0.4, -0.2) is 17.5 Å². The first kappa shape index (κ1) is 12.8. The van der Waals surface area contributed by atoms with E-state index < -0.39 is 0 Å². The summed E-state index contributed by atoms with van der Waals surface area (Å²) >= 11 is 7.69. The second kappa shape index (κ2) is 5.78. The molecule has 1 aliphatic heterocycles. The summed E-state index contributed by atoms with van der Waals surface area (Å²) in [5.74, 6) is 1.84. The van der Waals surface area contributed by atoms with E-state index in [0.29, 0.717) is 5.92 Å². The van der Waals surface area contributed by atoms with E-state index in [1.807, 2.05) is 23.9 Å². The first-order chi connectivity index (χ1) is 8.15. The molecule has 1 aliphatic rings. The van der Waals surface area contributed by atoms with Crippen LogP contribution in [0.1, 0.15) is 25.5 Å². The number of benzene rings is 1. The normalized spacial score (nSPS) is 21.8. The van der Waals surface area contributed by atoms with Crippen molar-refractivity contribution < 1.29 is 0 Å². The van der Waals surface area contributed by atoms with E-state index in [9.17, 15) is 0 Å². The lowest BCUT2D eigenvalue weighted by Crippen LogP contribution is -2.28. The summed E-state index contributed by atoms with van der Waals surface area (Å²) in [7, 11) is 0. The van der Waals surface area contributed by atoms with Gasteiger partial charge in [-0.2, -0.15) is 0 Å². The highest BCUT2D eigenvalue weighted by atomic mass is 35.5. The molecule has 2 rings (SSSR count). The van der Waals surface area contributed by atoms with Gasteiger partial charge >= 0.3 is 0 Å². The van der Waals surface area contributed by atoms with Gasteiger partial charge in [0.1, 0.15) is 0 Å². The van der Waals surface area contributed by atoms with Gasteiger partial charge in [0.2, 0.25) is 0 Å². The summed E-state index contributed by atoms with van der Waals surface area (Å²) in [6.07, 6.45) is 0. The smallest absolute Gasteiger partial charge is 0.157 e. The molecule has 0 spiro atoms. The van der Waals surface area contributed by atoms with Gasteiger partial charge in [-0.3, -0.25) is 4.99 Å². The van der Waals surface area contributed by atoms with Gasteiger partial charge in [0.05, 0.1) is 6.04 Å². The van der Waals surface area contributed by atoms with Crippen molar-refractivity contribution in [2.45, 2.75) is 19.9 Å². The van der Waals surface area contributed by atoms with E-state index in [2.05, 4.69) is 36.3 Å². The molecule has 0 aromatic heterocycles. The standard InChI is InChI=1S/C13H17ClN2S/c1-9-7-15-13(17-8-9)16-10(2)11-3-5-12(14)6-4-11/h3-6,9-10H,7-8H2,1-2H3,(H,15,16). The third-order valence-electron chi connectivity index (χ3n) is 2.76. The fourth-order valence-corrected chi connectivity index (χ4v) is 2.77. The van der Waals surface area contributed by atoms with E-state index in [1.54, 1.807) is 0 Å². The molecule has 0 amide bonds. The molecule has 0 saturated carbocycles. The zero-order valence-electron chi connectivity index (χ0n) is 10.1. The van der Waals surface area contributed by atoms with Crippen molar-refractivity contribution in [1.82, 2.24) is 5.32 Å². The summed E-state index contributed by atoms with van der Waals surface area (Å²) in [6, 6.07) is 8.22. The van der Waals surface area contributed by atoms with Crippen LogP contribution in [0.5, 0.6) is 0 Å². The van der Waals surface area contributed by atoms with Crippen LogP contribution in [0.3, 0.4) is 0 Å². The Morgan fingerprint density at radius 2 is 2.12 bits per heavy atom. The predicted molar refractivity (Wildman–Crippen MR) is 76.9 cm³/mol. The van der Waals surface area contributed by atoms with Crippen LogP contribution < -0.4 is 5.32 Å². The van der Waals surface area contributed by atoms with E-state index in [1.165, 1.54) is 5.56 Å². The van der Waals surface area contributed by atoms with Gasteiger partial charge in [0, 0.05) is 17.3 Å². The molecule has 1 N–H and O–H groups in total. The summed E-state index contributed by atoms with van der Waals surface area (Å²) in [6.45, 7) is 5.31. The molecule has 2 nitrogen and oxygen atoms in total. The van der Waals surface area contributed by atoms with Crippen molar-refractivity contribution in [3.05, 3.63) is 34.9 Å². The minimum Gasteiger partial charge on any atom is -0.358 e. The van der Waals surface area contributed by atoms with Crippen molar-refractivity contribution in [2.24, 2.45) is 10.9 Å². The van der Waals surface area contributed by atoms with E-state index in [0.717, 1.165) is 22.5 Å². The molecular weight excluding hydrogens is 252 g/mol. The molecule has 1 aromatic rings. The maximum Gasteiger partial charge on any atom is 0.157 e. The Balaban J connectivity index is 1.97. The second-order valence-corrected chi connectivity index (χ2v) is 5.92. The van der Waals surface area contributed by atoms with E-state index in [-0.39, 0.29) is 6.04 Å². The van der Waals surface area contributed by atoms with Crippen LogP contribution in [0.25, 0.3) is 0 Å². The lowest BCUT2D eigenvalue weighted by Gasteiger charge is -2.21. The van der Waals surface area contributed by atoms with Crippen molar-refractivity contribution >= 4 is 28.5 Å². The molecule has 2 unspecified atom stereocenters. The highest BCUT2D eigenvalue weighted by Gasteiger charge is 2.14. The highest BCUT2D eigenvalue weighted by Crippen LogP contribution is 2.20. The molecule has 0 bridgehead atoms. The average molecular weight is 269 g/mol. The average Bonchev–Trinajstić information content (AvgIpc) is 2.33. The second-order valence-electron chi connectivity index (χ2n) is 4.48. The number of aliphatic imine (C=N–C) groups is 1. The molecule has 92 valence electrons. The van der Waals surface area contributed by atoms with Crippen LogP contribution in [0.2, 0.25) is 5.02 Å². The van der Waals surface area contributed by atoms with Gasteiger partial charge < -0.3 is 5.32 Å². The molecule has 0 aliphatic carbocycles. The molecule has 0 saturated heterocycles. The van der Waals surface area contributed by atoms with Crippen LogP contribution >= 0.6 is 23.4 Å². The molecule has 0 radical (unpaired) electrons. The zero-order valence-corrected chi connectivity index (χ0v) is 11.7. The highest BCUT2D eigenvalue weighted by molar-refractivity contribution is 8.13. The molecular formula is C13H17ClN2S. The monoisotopic (exact) mass is 268 g/mol. The van der Waals surface area contributed by atoms with Crippen molar-refractivity contribution in [3.8, 4) is 0 Å². The lowest BCUT2D eigenvalue weighted by molar-refractivity contribution is 0.658. The van der Waals surface area contributed by atoms with Crippen LogP contribution in [-0.2, 0) is 0 Å². The van der Waals surface area contributed by atoms with Gasteiger partial charge in [-0.1, -0.05) is 42.4 Å². The summed E-state index contributed by atoms with van der Waals surface area (Å²) < 4.78 is 0. The molecule has 1 heterocycles. The van der Waals surface area contributed by atoms with Crippen molar-refractivity contribution in [2.75, 3.05) is 12.3 Å². The largest absolute Gasteiger partial charge is 0.358 e. The van der Waals surface area contributed by atoms with E-state index in [4.69, 9.17) is 11.6 Å². The molecule has 0 fully saturated rings. The van der Waals surface area contributed by atoms with Gasteiger partial charge in [0.15, 0.2) is 5.17 Å². The van der Waals surface area contributed by atoms with Crippen LogP contribution in [0, 0.1) is 5.92 Å². The Kier molecular flexibility index (Phi) is 4.35. The van der Waals surface area contributed by atoms with Crippen molar-refractivity contribution in [1.29, 1.82) is 0 Å². The number of nitrogens with one attached hydrogen (secondary N) is 1. The molecule has 1 aromatic carbocycles. The number of thioether (sulfide) groups is 1. The minimum atomic E-state index is 0.270. The van der Waals surface area contributed by atoms with Gasteiger partial charge in [-0.15, -0.1) is 0 Å². The number of rotatable bonds is 2. The molecule has 2 atom stereocenters. The minimum absolute atomic E-state index is 0.270. The first-order valence-electron chi connectivity index (χ1n) is 5.84. The SMILES string of the molecule is CC1CN=C(NC(C)c2ccc(Cl)cc2)SC1. The third kappa shape index (κ3) is 3.65. The van der Waals surface area contributed by atoms with Gasteiger partial charge in [-0.25, -0.2) is 0 Å². The third-order valence-corrected chi connectivity index (χ3v) is 4.27. The number of amidine groups is 1. The number of hydrogen-bond acceptors (Lipinski definition) is 3. The summed E-state index contributed by atoms with van der Waals surface area (Å²) in [5, 5.41) is 5.28. The van der Waals surface area contributed by atoms with Crippen LogP contribution in [0.15, 0.2) is 29.3 Å². The Bertz CT molecular complexity index is 402. The van der Waals surface area contributed by atoms with Crippen molar-refractivity contribution in [3.63, 3.8) is 0 Å². The summed E-state index contributed by atoms with van der Waals surface area (Å²) in [5.41, 5.74) is 1.23. The first-order valence-corrected chi connectivity index (χ1v) is 7.21. The number of hydrogen-bond donors (Lipinski definition) is 1. The molecule has 17 heavy (non-hydrogen) atoms. The Morgan fingerprint density at radius 3 is 2.71 bits per heavy atom. The lowest BCUT2D eigenvalue weighted by atomic mass is 10.1. The maximum absolute atomic E-state index is 5.88. The quantitative estimate of drug-likeness (QED) is 0.884. The van der Waals surface area contributed by atoms with E-state index >= 15 is 0 Å². The van der Waals surface area contributed by atoms with Crippen LogP contribution in [0.4, 0.5) is 0 Å². The summed E-state index contributed by atoms with van der Waals surface area (Å²) in [4.78, 5) is 4.54. The number of halogens is 1. The maximum atomic E-state index is 5.88. The predicted octanol–water partition coefficient (Wildman–Crippen LogP) is 3.73. The Hall–Kier alpha value is -0.670. The topological polar surface area (TPSA) is 24.4 Å². The fourth-order valence-electron chi connectivity index (χ4n) is 1.67. The fraction of sp³-hybridized carbons (Fsp3) is 0.462. The van der Waals surface area contributed by atoms with Gasteiger partial charge in [0.25, 0.3) is 0 Å². The Morgan fingerprint density at radius 1 is 1.41 bits per heavy atom.